The maximum absolute atomic E-state index is 13.6. The predicted octanol–water partition coefficient (Wildman–Crippen LogP) is 7.55. The number of fused-ring (bicyclic) bond motifs is 1. The molecule has 1 saturated carbocycles. The number of likely N-dealkylation sites (tertiary alicyclic amines) is 1. The predicted molar refractivity (Wildman–Crippen MR) is 174 cm³/mol. The van der Waals surface area contributed by atoms with Gasteiger partial charge >= 0.3 is 6.03 Å². The van der Waals surface area contributed by atoms with Crippen molar-refractivity contribution in [3.8, 4) is 17.2 Å². The first-order chi connectivity index (χ1) is 21.6. The van der Waals surface area contributed by atoms with Crippen LogP contribution in [0.5, 0.6) is 11.5 Å². The van der Waals surface area contributed by atoms with E-state index in [1.807, 2.05) is 54.6 Å². The molecule has 44 heavy (non-hydrogen) atoms. The second-order valence-corrected chi connectivity index (χ2v) is 11.5. The topological polar surface area (TPSA) is 87.6 Å². The van der Waals surface area contributed by atoms with E-state index in [0.717, 1.165) is 43.7 Å². The molecule has 1 aliphatic carbocycles. The lowest BCUT2D eigenvalue weighted by Crippen LogP contribution is -2.30. The van der Waals surface area contributed by atoms with Gasteiger partial charge in [0.2, 0.25) is 0 Å². The number of hydrogen-bond donors (Lipinski definition) is 3. The number of ether oxygens (including phenoxy) is 1. The third kappa shape index (κ3) is 6.31. The Bertz CT molecular complexity index is 1790. The van der Waals surface area contributed by atoms with Crippen LogP contribution in [0.4, 0.5) is 16.2 Å². The minimum Gasteiger partial charge on any atom is -0.457 e. The third-order valence-corrected chi connectivity index (χ3v) is 8.17. The van der Waals surface area contributed by atoms with Gasteiger partial charge in [0.15, 0.2) is 0 Å². The second-order valence-electron chi connectivity index (χ2n) is 11.5. The lowest BCUT2D eigenvalue weighted by Gasteiger charge is -2.14. The second kappa shape index (κ2) is 12.3. The first-order valence-corrected chi connectivity index (χ1v) is 15.3. The highest BCUT2D eigenvalue weighted by Gasteiger charge is 2.23. The smallest absolute Gasteiger partial charge is 0.319 e. The van der Waals surface area contributed by atoms with Crippen molar-refractivity contribution in [2.45, 2.75) is 38.3 Å². The van der Waals surface area contributed by atoms with Crippen LogP contribution in [0.3, 0.4) is 0 Å². The highest BCUT2D eigenvalue weighted by Crippen LogP contribution is 2.30. The van der Waals surface area contributed by atoms with E-state index in [2.05, 4.69) is 49.8 Å². The van der Waals surface area contributed by atoms with Crippen LogP contribution in [0.1, 0.15) is 41.6 Å². The number of nitrogens with one attached hydrogen (secondary N) is 3. The van der Waals surface area contributed by atoms with Crippen molar-refractivity contribution in [1.29, 1.82) is 0 Å². The molecule has 0 radical (unpaired) electrons. The van der Waals surface area contributed by atoms with Crippen molar-refractivity contribution >= 4 is 34.2 Å². The molecule has 2 aliphatic rings. The summed E-state index contributed by atoms with van der Waals surface area (Å²) in [5.74, 6) is 1.11. The molecule has 2 heterocycles. The molecule has 1 saturated heterocycles. The molecule has 222 valence electrons. The van der Waals surface area contributed by atoms with E-state index in [9.17, 15) is 9.59 Å². The molecule has 5 aromatic rings. The lowest BCUT2D eigenvalue weighted by atomic mass is 10.1. The number of para-hydroxylation sites is 2. The Morgan fingerprint density at radius 2 is 1.39 bits per heavy atom. The van der Waals surface area contributed by atoms with Crippen LogP contribution in [0, 0.1) is 0 Å². The Hall–Kier alpha value is -5.08. The van der Waals surface area contributed by atoms with E-state index >= 15 is 0 Å². The van der Waals surface area contributed by atoms with E-state index in [1.165, 1.54) is 23.8 Å². The molecule has 0 unspecified atom stereocenters. The Balaban J connectivity index is 1.03. The van der Waals surface area contributed by atoms with Gasteiger partial charge in [-0.25, -0.2) is 4.79 Å². The summed E-state index contributed by atoms with van der Waals surface area (Å²) < 4.78 is 8.12. The normalized spacial score (nSPS) is 14.8. The number of carbonyl (C=O) groups excluding carboxylic acids is 2. The van der Waals surface area contributed by atoms with Crippen molar-refractivity contribution < 1.29 is 14.3 Å². The van der Waals surface area contributed by atoms with Crippen LogP contribution in [0.25, 0.3) is 16.6 Å². The summed E-state index contributed by atoms with van der Waals surface area (Å²) in [6.45, 7) is 3.17. The molecule has 3 N–H and O–H groups in total. The largest absolute Gasteiger partial charge is 0.457 e. The summed E-state index contributed by atoms with van der Waals surface area (Å²) in [4.78, 5) is 28.0. The first-order valence-electron chi connectivity index (χ1n) is 15.3. The molecular weight excluding hydrogens is 550 g/mol. The number of anilines is 2. The van der Waals surface area contributed by atoms with Gasteiger partial charge in [0.25, 0.3) is 5.91 Å². The quantitative estimate of drug-likeness (QED) is 0.167. The molecule has 8 nitrogen and oxygen atoms in total. The van der Waals surface area contributed by atoms with Gasteiger partial charge in [-0.15, -0.1) is 0 Å². The zero-order chi connectivity index (χ0) is 29.9. The number of carbonyl (C=O) groups is 2. The first kappa shape index (κ1) is 27.7. The average molecular weight is 586 g/mol. The fraction of sp³-hybridized carbons (Fsp3) is 0.222. The van der Waals surface area contributed by atoms with Crippen LogP contribution in [0.15, 0.2) is 103 Å². The van der Waals surface area contributed by atoms with Gasteiger partial charge in [-0.3, -0.25) is 9.69 Å². The Labute approximate surface area is 256 Å². The Morgan fingerprint density at radius 1 is 0.750 bits per heavy atom. The van der Waals surface area contributed by atoms with Crippen molar-refractivity contribution in [2.75, 3.05) is 23.7 Å². The number of nitrogens with zero attached hydrogens (tertiary/aromatic N) is 2. The summed E-state index contributed by atoms with van der Waals surface area (Å²) in [6, 6.07) is 30.8. The van der Waals surface area contributed by atoms with Crippen LogP contribution in [0.2, 0.25) is 0 Å². The number of benzene rings is 4. The minimum absolute atomic E-state index is 0.179. The number of amides is 3. The average Bonchev–Trinajstić information content (AvgIpc) is 3.56. The molecule has 1 aromatic heterocycles. The van der Waals surface area contributed by atoms with Crippen molar-refractivity contribution in [3.05, 3.63) is 114 Å². The molecule has 0 spiro atoms. The number of hydrogen-bond acceptors (Lipinski definition) is 4. The van der Waals surface area contributed by atoms with Crippen LogP contribution in [-0.2, 0) is 6.54 Å². The summed E-state index contributed by atoms with van der Waals surface area (Å²) in [6.07, 6.45) is 6.77. The van der Waals surface area contributed by atoms with E-state index in [1.54, 1.807) is 24.3 Å². The SMILES string of the molecule is O=C(Nc1ccc(Oc2ccc(NC(=O)c3ccccc3-n3cc(CN4CCCC4)c4ccccc43)cc2)cc1)NC1CC1. The summed E-state index contributed by atoms with van der Waals surface area (Å²) in [7, 11) is 0. The maximum Gasteiger partial charge on any atom is 0.319 e. The zero-order valence-electron chi connectivity index (χ0n) is 24.5. The molecule has 0 bridgehead atoms. The highest BCUT2D eigenvalue weighted by atomic mass is 16.5. The van der Waals surface area contributed by atoms with Crippen molar-refractivity contribution in [1.82, 2.24) is 14.8 Å². The number of aromatic nitrogens is 1. The fourth-order valence-electron chi connectivity index (χ4n) is 5.76. The van der Waals surface area contributed by atoms with E-state index in [-0.39, 0.29) is 11.9 Å². The fourth-order valence-corrected chi connectivity index (χ4v) is 5.76. The maximum atomic E-state index is 13.6. The van der Waals surface area contributed by atoms with E-state index in [4.69, 9.17) is 4.74 Å². The zero-order valence-corrected chi connectivity index (χ0v) is 24.5. The standard InChI is InChI=1S/C36H35N5O3/c42-35(37-26-13-17-29(18-14-26)44-30-19-15-28(16-20-30)39-36(43)38-27-11-12-27)32-8-2-4-10-34(32)41-24-25(23-40-21-5-6-22-40)31-7-1-3-9-33(31)41/h1-4,7-10,13-20,24,27H,5-6,11-12,21-23H2,(H,37,42)(H2,38,39,43). The lowest BCUT2D eigenvalue weighted by molar-refractivity contribution is 0.102. The molecule has 0 atom stereocenters. The van der Waals surface area contributed by atoms with Crippen LogP contribution in [-0.4, -0.2) is 40.5 Å². The number of rotatable bonds is 9. The van der Waals surface area contributed by atoms with Crippen LogP contribution >= 0.6 is 0 Å². The van der Waals surface area contributed by atoms with Crippen LogP contribution < -0.4 is 20.7 Å². The monoisotopic (exact) mass is 585 g/mol. The van der Waals surface area contributed by atoms with Gasteiger partial charge in [-0.1, -0.05) is 30.3 Å². The molecule has 8 heteroatoms. The van der Waals surface area contributed by atoms with Crippen molar-refractivity contribution in [3.63, 3.8) is 0 Å². The molecule has 7 rings (SSSR count). The molecule has 3 amide bonds. The summed E-state index contributed by atoms with van der Waals surface area (Å²) >= 11 is 0. The number of urea groups is 1. The summed E-state index contributed by atoms with van der Waals surface area (Å²) in [5.41, 5.74) is 5.18. The van der Waals surface area contributed by atoms with E-state index in [0.29, 0.717) is 34.5 Å². The van der Waals surface area contributed by atoms with Gasteiger partial charge in [0.05, 0.1) is 16.8 Å². The molecule has 1 aliphatic heterocycles. The van der Waals surface area contributed by atoms with Gasteiger partial charge in [-0.2, -0.15) is 0 Å². The van der Waals surface area contributed by atoms with Gasteiger partial charge in [-0.05, 0) is 111 Å². The van der Waals surface area contributed by atoms with Gasteiger partial charge in [0, 0.05) is 35.5 Å². The van der Waals surface area contributed by atoms with Crippen molar-refractivity contribution in [2.24, 2.45) is 0 Å². The van der Waals surface area contributed by atoms with E-state index < -0.39 is 0 Å². The Morgan fingerprint density at radius 3 is 2.09 bits per heavy atom. The highest BCUT2D eigenvalue weighted by molar-refractivity contribution is 6.07. The molecule has 4 aromatic carbocycles. The minimum atomic E-state index is -0.189. The Kier molecular flexibility index (Phi) is 7.73. The molecular formula is C36H35N5O3. The third-order valence-electron chi connectivity index (χ3n) is 8.17. The van der Waals surface area contributed by atoms with Gasteiger partial charge in [0.1, 0.15) is 11.5 Å². The summed E-state index contributed by atoms with van der Waals surface area (Å²) in [5, 5.41) is 10.0. The molecule has 2 fully saturated rings. The van der Waals surface area contributed by atoms with Gasteiger partial charge < -0.3 is 25.3 Å².